The van der Waals surface area contributed by atoms with E-state index in [0.29, 0.717) is 5.56 Å². The second-order valence-electron chi connectivity index (χ2n) is 11.2. The molecule has 10 nitrogen and oxygen atoms in total. The van der Waals surface area contributed by atoms with Crippen LogP contribution < -0.4 is 20.5 Å². The average molecular weight is 689 g/mol. The fourth-order valence-electron chi connectivity index (χ4n) is 4.27. The third-order valence-electron chi connectivity index (χ3n) is 6.24. The zero-order chi connectivity index (χ0) is 34.9. The molecule has 0 atom stereocenters. The predicted octanol–water partition coefficient (Wildman–Crippen LogP) is 6.58. The van der Waals surface area contributed by atoms with Gasteiger partial charge in [-0.25, -0.2) is 22.5 Å². The quantitative estimate of drug-likeness (QED) is 0.160. The van der Waals surface area contributed by atoms with Crippen LogP contribution in [0.4, 0.5) is 48.1 Å². The molecule has 0 aliphatic rings. The first-order valence-corrected chi connectivity index (χ1v) is 15.1. The number of alkyl halides is 6. The van der Waals surface area contributed by atoms with Gasteiger partial charge in [0.25, 0.3) is 5.91 Å². The van der Waals surface area contributed by atoms with Gasteiger partial charge in [0, 0.05) is 5.56 Å². The summed E-state index contributed by atoms with van der Waals surface area (Å²) >= 11 is 0. The van der Waals surface area contributed by atoms with E-state index in [1.165, 1.54) is 35.0 Å². The number of rotatable bonds is 10. The van der Waals surface area contributed by atoms with Crippen molar-refractivity contribution in [2.75, 3.05) is 15.8 Å². The zero-order valence-corrected chi connectivity index (χ0v) is 25.6. The van der Waals surface area contributed by atoms with Crippen LogP contribution in [0.2, 0.25) is 0 Å². The summed E-state index contributed by atoms with van der Waals surface area (Å²) in [6.45, 7) is 4.74. The van der Waals surface area contributed by atoms with Crippen molar-refractivity contribution in [3.63, 3.8) is 0 Å². The lowest BCUT2D eigenvalue weighted by molar-refractivity contribution is -0.141. The number of anilines is 3. The number of primary amides is 1. The monoisotopic (exact) mass is 688 g/mol. The second kappa shape index (κ2) is 12.7. The van der Waals surface area contributed by atoms with Crippen molar-refractivity contribution < 1.29 is 48.7 Å². The van der Waals surface area contributed by atoms with Crippen LogP contribution in [0.15, 0.2) is 60.7 Å². The minimum absolute atomic E-state index is 0.0646. The van der Waals surface area contributed by atoms with Gasteiger partial charge < -0.3 is 15.8 Å². The van der Waals surface area contributed by atoms with Crippen molar-refractivity contribution in [2.24, 2.45) is 5.73 Å². The number of hydrogen-bond acceptors (Lipinski definition) is 7. The molecular weight excluding hydrogens is 661 g/mol. The Morgan fingerprint density at radius 3 is 2.21 bits per heavy atom. The number of nitrogens with zero attached hydrogens (tertiary/aromatic N) is 3. The van der Waals surface area contributed by atoms with Crippen molar-refractivity contribution in [3.05, 3.63) is 83.3 Å². The number of sulfonamides is 1. The molecule has 2 heterocycles. The molecule has 0 fully saturated rings. The largest absolute Gasteiger partial charge is 0.487 e. The van der Waals surface area contributed by atoms with Crippen molar-refractivity contribution >= 4 is 33.3 Å². The number of nitrogens with one attached hydrogen (secondary N) is 2. The van der Waals surface area contributed by atoms with E-state index >= 15 is 0 Å². The van der Waals surface area contributed by atoms with Gasteiger partial charge in [0.15, 0.2) is 5.75 Å². The van der Waals surface area contributed by atoms with E-state index in [1.54, 1.807) is 20.8 Å². The van der Waals surface area contributed by atoms with E-state index in [4.69, 9.17) is 10.5 Å². The summed E-state index contributed by atoms with van der Waals surface area (Å²) in [6.07, 6.45) is -9.83. The molecule has 0 aliphatic heterocycles. The lowest BCUT2D eigenvalue weighted by atomic mass is 10.1. The number of hydrogen-bond donors (Lipinski definition) is 3. The molecule has 4 rings (SSSR count). The molecule has 0 bridgehead atoms. The Balaban J connectivity index is 1.85. The summed E-state index contributed by atoms with van der Waals surface area (Å²) in [6, 6.07) is 11.6. The fourth-order valence-corrected chi connectivity index (χ4v) is 5.28. The van der Waals surface area contributed by atoms with Gasteiger partial charge >= 0.3 is 12.4 Å². The van der Waals surface area contributed by atoms with Crippen LogP contribution in [0, 0.1) is 5.82 Å². The molecule has 2 aromatic carbocycles. The molecule has 18 heteroatoms. The second-order valence-corrected chi connectivity index (χ2v) is 12.9. The van der Waals surface area contributed by atoms with Gasteiger partial charge in [-0.3, -0.25) is 9.52 Å². The summed E-state index contributed by atoms with van der Waals surface area (Å²) in [7, 11) is -4.97. The van der Waals surface area contributed by atoms with Gasteiger partial charge in [-0.1, -0.05) is 24.3 Å². The highest BCUT2D eigenvalue weighted by Crippen LogP contribution is 2.38. The average Bonchev–Trinajstić information content (AvgIpc) is 3.31. The number of halogens is 7. The number of amides is 1. The molecule has 0 aliphatic carbocycles. The minimum atomic E-state index is -5.06. The molecule has 252 valence electrons. The summed E-state index contributed by atoms with van der Waals surface area (Å²) in [5.74, 6) is -4.53. The van der Waals surface area contributed by atoms with E-state index in [9.17, 15) is 43.9 Å². The maximum absolute atomic E-state index is 13.4. The van der Waals surface area contributed by atoms with Crippen molar-refractivity contribution in [3.8, 4) is 17.0 Å². The Kier molecular flexibility index (Phi) is 9.48. The molecular formula is C29H27F7N6O4S. The maximum atomic E-state index is 13.4. The Morgan fingerprint density at radius 2 is 1.64 bits per heavy atom. The number of ether oxygens (including phenoxy) is 1. The Hall–Kier alpha value is -4.87. The fraction of sp³-hybridized carbons (Fsp3) is 0.276. The van der Waals surface area contributed by atoms with Gasteiger partial charge in [0.2, 0.25) is 10.0 Å². The Labute approximate surface area is 263 Å². The standard InChI is InChI=1S/C29H27F7N6O4S/c1-27(2,3)42-26(39-22-6-4-5-21(38-22)29(34,35)36)23(25(37)43)24(40-42)17-9-12-19(41-47(44,45)15-28(31,32)33)20(13-17)46-14-16-7-10-18(30)11-8-16/h4-13,41H,14-15H2,1-3H3,(H2,37,43)(H,38,39). The van der Waals surface area contributed by atoms with Gasteiger partial charge in [0.05, 0.1) is 11.2 Å². The number of carbonyl (C=O) groups excluding carboxylic acids is 1. The van der Waals surface area contributed by atoms with Crippen LogP contribution >= 0.6 is 0 Å². The number of aromatic nitrogens is 3. The van der Waals surface area contributed by atoms with Crippen molar-refractivity contribution in [2.45, 2.75) is 45.3 Å². The first-order valence-electron chi connectivity index (χ1n) is 13.5. The zero-order valence-electron chi connectivity index (χ0n) is 24.8. The predicted molar refractivity (Wildman–Crippen MR) is 158 cm³/mol. The molecule has 1 amide bonds. The van der Waals surface area contributed by atoms with Gasteiger partial charge in [-0.15, -0.1) is 0 Å². The smallest absolute Gasteiger partial charge is 0.433 e. The third kappa shape index (κ3) is 8.90. The lowest BCUT2D eigenvalue weighted by Crippen LogP contribution is -2.28. The molecule has 4 aromatic rings. The first-order chi connectivity index (χ1) is 21.6. The van der Waals surface area contributed by atoms with Gasteiger partial charge in [-0.05, 0) is 62.7 Å². The van der Waals surface area contributed by atoms with Crippen molar-refractivity contribution in [1.29, 1.82) is 0 Å². The van der Waals surface area contributed by atoms with E-state index in [-0.39, 0.29) is 40.8 Å². The van der Waals surface area contributed by atoms with E-state index in [1.807, 2.05) is 4.72 Å². The molecule has 2 aromatic heterocycles. The molecule has 0 unspecified atom stereocenters. The number of pyridine rings is 1. The molecule has 0 saturated heterocycles. The molecule has 0 radical (unpaired) electrons. The highest BCUT2D eigenvalue weighted by Gasteiger charge is 2.36. The summed E-state index contributed by atoms with van der Waals surface area (Å²) in [5, 5.41) is 7.17. The highest BCUT2D eigenvalue weighted by molar-refractivity contribution is 7.92. The lowest BCUT2D eigenvalue weighted by Gasteiger charge is -2.23. The third-order valence-corrected chi connectivity index (χ3v) is 7.47. The topological polar surface area (TPSA) is 141 Å². The van der Waals surface area contributed by atoms with Crippen LogP contribution in [-0.4, -0.2) is 41.0 Å². The van der Waals surface area contributed by atoms with Crippen LogP contribution in [0.1, 0.15) is 42.4 Å². The minimum Gasteiger partial charge on any atom is -0.487 e. The van der Waals surface area contributed by atoms with Crippen LogP contribution in [0.3, 0.4) is 0 Å². The molecule has 47 heavy (non-hydrogen) atoms. The number of benzene rings is 2. The summed E-state index contributed by atoms with van der Waals surface area (Å²) < 4.78 is 126. The first kappa shape index (κ1) is 35.0. The SMILES string of the molecule is CC(C)(C)n1nc(-c2ccc(NS(=O)(=O)CC(F)(F)F)c(OCc3ccc(F)cc3)c2)c(C(N)=O)c1Nc1cccc(C(F)(F)F)n1. The molecule has 0 spiro atoms. The summed E-state index contributed by atoms with van der Waals surface area (Å²) in [4.78, 5) is 16.4. The molecule has 0 saturated carbocycles. The van der Waals surface area contributed by atoms with E-state index in [2.05, 4.69) is 15.4 Å². The summed E-state index contributed by atoms with van der Waals surface area (Å²) in [5.41, 5.74) is 3.25. The number of nitrogens with two attached hydrogens (primary N) is 1. The Bertz CT molecular complexity index is 1880. The van der Waals surface area contributed by atoms with Crippen LogP contribution in [-0.2, 0) is 28.3 Å². The van der Waals surface area contributed by atoms with Gasteiger partial charge in [-0.2, -0.15) is 31.4 Å². The Morgan fingerprint density at radius 1 is 0.979 bits per heavy atom. The van der Waals surface area contributed by atoms with Crippen LogP contribution in [0.5, 0.6) is 5.75 Å². The molecule has 4 N–H and O–H groups in total. The van der Waals surface area contributed by atoms with Crippen LogP contribution in [0.25, 0.3) is 11.3 Å². The maximum Gasteiger partial charge on any atom is 0.433 e. The van der Waals surface area contributed by atoms with E-state index < -0.39 is 56.8 Å². The number of carbonyl (C=O) groups is 1. The van der Waals surface area contributed by atoms with E-state index in [0.717, 1.165) is 30.3 Å². The van der Waals surface area contributed by atoms with Gasteiger partial charge in [0.1, 0.15) is 46.8 Å². The van der Waals surface area contributed by atoms with Crippen molar-refractivity contribution in [1.82, 2.24) is 14.8 Å². The highest BCUT2D eigenvalue weighted by atomic mass is 32.2. The normalized spacial score (nSPS) is 12.6.